The molecule has 0 aliphatic rings. The first-order chi connectivity index (χ1) is 8.30. The van der Waals surface area contributed by atoms with Crippen molar-refractivity contribution in [3.8, 4) is 0 Å². The highest BCUT2D eigenvalue weighted by molar-refractivity contribution is 7.92. The summed E-state index contributed by atoms with van der Waals surface area (Å²) in [5.74, 6) is -0.555. The lowest BCUT2D eigenvalue weighted by atomic mass is 10.2. The molecular weight excluding hydrogens is 276 g/mol. The molecule has 0 spiro atoms. The van der Waals surface area contributed by atoms with E-state index in [4.69, 9.17) is 16.0 Å². The molecule has 1 atom stereocenters. The molecule has 18 heavy (non-hydrogen) atoms. The average molecular weight is 287 g/mol. The summed E-state index contributed by atoms with van der Waals surface area (Å²) < 4.78 is 28.0. The number of carbonyl (C=O) groups is 1. The van der Waals surface area contributed by atoms with Gasteiger partial charge in [-0.15, -0.1) is 0 Å². The Kier molecular flexibility index (Phi) is 3.21. The van der Waals surface area contributed by atoms with Crippen LogP contribution in [0.5, 0.6) is 0 Å². The smallest absolute Gasteiger partial charge is 0.215 e. The lowest BCUT2D eigenvalue weighted by Gasteiger charge is -2.04. The third kappa shape index (κ3) is 2.28. The molecule has 0 amide bonds. The molecule has 0 bridgehead atoms. The molecular formula is C12H11ClO4S. The van der Waals surface area contributed by atoms with Crippen LogP contribution in [0, 0.1) is 0 Å². The number of furan rings is 1. The molecule has 1 heterocycles. The number of carbonyl (C=O) groups excluding carboxylic acids is 1. The molecule has 1 aromatic carbocycles. The summed E-state index contributed by atoms with van der Waals surface area (Å²) in [5.41, 5.74) is 0.392. The predicted octanol–water partition coefficient (Wildman–Crippen LogP) is 2.70. The van der Waals surface area contributed by atoms with Crippen LogP contribution in [-0.2, 0) is 9.84 Å². The van der Waals surface area contributed by atoms with E-state index in [0.717, 1.165) is 6.26 Å². The van der Waals surface area contributed by atoms with Gasteiger partial charge < -0.3 is 4.42 Å². The van der Waals surface area contributed by atoms with Gasteiger partial charge in [0.15, 0.2) is 21.2 Å². The first-order valence-corrected chi connectivity index (χ1v) is 7.55. The van der Waals surface area contributed by atoms with Crippen molar-refractivity contribution in [3.63, 3.8) is 0 Å². The zero-order valence-corrected chi connectivity index (χ0v) is 11.4. The van der Waals surface area contributed by atoms with Crippen molar-refractivity contribution in [2.24, 2.45) is 0 Å². The van der Waals surface area contributed by atoms with Crippen LogP contribution < -0.4 is 0 Å². The number of para-hydroxylation sites is 1. The van der Waals surface area contributed by atoms with Gasteiger partial charge >= 0.3 is 0 Å². The zero-order valence-electron chi connectivity index (χ0n) is 9.81. The Labute approximate surface area is 109 Å². The van der Waals surface area contributed by atoms with Crippen LogP contribution in [0.2, 0.25) is 5.02 Å². The largest absolute Gasteiger partial charge is 0.451 e. The lowest BCUT2D eigenvalue weighted by Crippen LogP contribution is -2.25. The summed E-state index contributed by atoms with van der Waals surface area (Å²) in [7, 11) is -3.44. The minimum Gasteiger partial charge on any atom is -0.451 e. The topological polar surface area (TPSA) is 64.3 Å². The molecule has 1 aromatic heterocycles. The van der Waals surface area contributed by atoms with Gasteiger partial charge in [0.1, 0.15) is 5.25 Å². The Bertz CT molecular complexity index is 715. The van der Waals surface area contributed by atoms with Crippen LogP contribution in [0.3, 0.4) is 0 Å². The maximum Gasteiger partial charge on any atom is 0.215 e. The number of ketones is 1. The van der Waals surface area contributed by atoms with E-state index in [1.54, 1.807) is 18.2 Å². The van der Waals surface area contributed by atoms with Gasteiger partial charge in [0.05, 0.1) is 5.02 Å². The third-order valence-electron chi connectivity index (χ3n) is 2.75. The second kappa shape index (κ2) is 4.40. The maximum atomic E-state index is 12.0. The van der Waals surface area contributed by atoms with Gasteiger partial charge in [-0.3, -0.25) is 4.79 Å². The average Bonchev–Trinajstić information content (AvgIpc) is 2.71. The fourth-order valence-electron chi connectivity index (χ4n) is 1.54. The van der Waals surface area contributed by atoms with E-state index in [2.05, 4.69) is 0 Å². The van der Waals surface area contributed by atoms with Crippen molar-refractivity contribution in [1.82, 2.24) is 0 Å². The quantitative estimate of drug-likeness (QED) is 0.814. The summed E-state index contributed by atoms with van der Waals surface area (Å²) in [5, 5.41) is -0.0676. The fraction of sp³-hybridized carbons (Fsp3) is 0.250. The molecule has 96 valence electrons. The molecule has 0 radical (unpaired) electrons. The van der Waals surface area contributed by atoms with Crippen molar-refractivity contribution in [2.75, 3.05) is 6.26 Å². The summed E-state index contributed by atoms with van der Waals surface area (Å²) in [4.78, 5) is 12.0. The molecule has 0 fully saturated rings. The van der Waals surface area contributed by atoms with Gasteiger partial charge in [0.2, 0.25) is 5.78 Å². The van der Waals surface area contributed by atoms with Crippen molar-refractivity contribution in [3.05, 3.63) is 35.0 Å². The highest BCUT2D eigenvalue weighted by Gasteiger charge is 2.27. The van der Waals surface area contributed by atoms with E-state index in [1.807, 2.05) is 0 Å². The molecule has 2 rings (SSSR count). The van der Waals surface area contributed by atoms with Gasteiger partial charge in [0.25, 0.3) is 0 Å². The van der Waals surface area contributed by atoms with Crippen molar-refractivity contribution >= 4 is 38.2 Å². The highest BCUT2D eigenvalue weighted by Crippen LogP contribution is 2.27. The summed E-state index contributed by atoms with van der Waals surface area (Å²) in [6.07, 6.45) is 1.02. The predicted molar refractivity (Wildman–Crippen MR) is 69.9 cm³/mol. The van der Waals surface area contributed by atoms with Crippen LogP contribution in [-0.4, -0.2) is 25.7 Å². The van der Waals surface area contributed by atoms with Crippen LogP contribution in [0.1, 0.15) is 17.5 Å². The molecule has 0 saturated heterocycles. The van der Waals surface area contributed by atoms with Crippen LogP contribution >= 0.6 is 11.6 Å². The van der Waals surface area contributed by atoms with Crippen molar-refractivity contribution in [2.45, 2.75) is 12.2 Å². The van der Waals surface area contributed by atoms with Gasteiger partial charge in [-0.05, 0) is 19.1 Å². The standard InChI is InChI=1S/C12H11ClO4S/c1-7(18(2,15)16)11(14)10-6-8-4-3-5-9(13)12(8)17-10/h3-7H,1-2H3. The van der Waals surface area contributed by atoms with Gasteiger partial charge in [-0.25, -0.2) is 8.42 Å². The Hall–Kier alpha value is -1.33. The normalized spacial score (nSPS) is 13.7. The number of benzene rings is 1. The number of rotatable bonds is 3. The number of fused-ring (bicyclic) bond motifs is 1. The molecule has 0 aliphatic carbocycles. The Morgan fingerprint density at radius 1 is 1.39 bits per heavy atom. The van der Waals surface area contributed by atoms with Crippen molar-refractivity contribution in [1.29, 1.82) is 0 Å². The Morgan fingerprint density at radius 2 is 2.06 bits per heavy atom. The van der Waals surface area contributed by atoms with E-state index in [9.17, 15) is 13.2 Å². The second-order valence-electron chi connectivity index (χ2n) is 4.10. The maximum absolute atomic E-state index is 12.0. The number of sulfone groups is 1. The zero-order chi connectivity index (χ0) is 13.5. The van der Waals surface area contributed by atoms with E-state index >= 15 is 0 Å². The van der Waals surface area contributed by atoms with Gasteiger partial charge in [-0.1, -0.05) is 23.7 Å². The Morgan fingerprint density at radius 3 is 2.61 bits per heavy atom. The van der Waals surface area contributed by atoms with Crippen molar-refractivity contribution < 1.29 is 17.6 Å². The number of halogens is 1. The van der Waals surface area contributed by atoms with E-state index in [0.29, 0.717) is 16.0 Å². The highest BCUT2D eigenvalue weighted by atomic mass is 35.5. The first kappa shape index (κ1) is 13.1. The van der Waals surface area contributed by atoms with Crippen LogP contribution in [0.15, 0.2) is 28.7 Å². The molecule has 4 nitrogen and oxygen atoms in total. The SMILES string of the molecule is CC(C(=O)c1cc2cccc(Cl)c2o1)S(C)(=O)=O. The number of hydrogen-bond acceptors (Lipinski definition) is 4. The monoisotopic (exact) mass is 286 g/mol. The van der Waals surface area contributed by atoms with E-state index in [1.165, 1.54) is 13.0 Å². The Balaban J connectivity index is 2.50. The summed E-state index contributed by atoms with van der Waals surface area (Å²) >= 11 is 5.92. The van der Waals surface area contributed by atoms with Gasteiger partial charge in [-0.2, -0.15) is 0 Å². The molecule has 0 saturated carbocycles. The van der Waals surface area contributed by atoms with E-state index in [-0.39, 0.29) is 5.76 Å². The lowest BCUT2D eigenvalue weighted by molar-refractivity contribution is 0.0967. The molecule has 0 N–H and O–H groups in total. The third-order valence-corrected chi connectivity index (χ3v) is 4.55. The first-order valence-electron chi connectivity index (χ1n) is 5.22. The van der Waals surface area contributed by atoms with Crippen LogP contribution in [0.25, 0.3) is 11.0 Å². The molecule has 2 aromatic rings. The van der Waals surface area contributed by atoms with E-state index < -0.39 is 20.9 Å². The molecule has 0 aliphatic heterocycles. The molecule has 1 unspecified atom stereocenters. The summed E-state index contributed by atoms with van der Waals surface area (Å²) in [6, 6.07) is 6.62. The fourth-order valence-corrected chi connectivity index (χ4v) is 2.27. The summed E-state index contributed by atoms with van der Waals surface area (Å²) in [6.45, 7) is 1.34. The van der Waals surface area contributed by atoms with Crippen LogP contribution in [0.4, 0.5) is 0 Å². The number of Topliss-reactive ketones (excluding diaryl/α,β-unsaturated/α-hetero) is 1. The van der Waals surface area contributed by atoms with Gasteiger partial charge in [0, 0.05) is 11.6 Å². The number of hydrogen-bond donors (Lipinski definition) is 0. The second-order valence-corrected chi connectivity index (χ2v) is 6.88. The molecule has 6 heteroatoms. The minimum absolute atomic E-state index is 0.0102. The minimum atomic E-state index is -3.44.